The molecule has 0 bridgehead atoms. The van der Waals surface area contributed by atoms with Crippen molar-refractivity contribution in [2.45, 2.75) is 26.2 Å². The molecule has 0 saturated carbocycles. The maximum absolute atomic E-state index is 11.3. The third-order valence-electron chi connectivity index (χ3n) is 2.71. The number of hydrogen-bond acceptors (Lipinski definition) is 3. The molecule has 0 aliphatic carbocycles. The molecule has 5 heteroatoms. The Bertz CT molecular complexity index is 548. The van der Waals surface area contributed by atoms with E-state index in [1.54, 1.807) is 0 Å². The van der Waals surface area contributed by atoms with Crippen LogP contribution in [0.15, 0.2) is 18.2 Å². The third-order valence-corrected chi connectivity index (χ3v) is 2.71. The highest BCUT2D eigenvalue weighted by atomic mass is 16.2. The van der Waals surface area contributed by atoms with Gasteiger partial charge in [0.1, 0.15) is 5.82 Å². The number of H-pyrrole nitrogens is 1. The second-order valence-electron chi connectivity index (χ2n) is 4.14. The van der Waals surface area contributed by atoms with Crippen LogP contribution >= 0.6 is 0 Å². The largest absolute Gasteiger partial charge is 0.396 e. The Balaban J connectivity index is 2.19. The molecule has 2 rings (SSSR count). The van der Waals surface area contributed by atoms with E-state index in [9.17, 15) is 4.79 Å². The highest BCUT2D eigenvalue weighted by molar-refractivity contribution is 5.92. The molecule has 0 saturated heterocycles. The fraction of sp³-hybridized carbons (Fsp3) is 0.385. The zero-order valence-electron chi connectivity index (χ0n) is 10.4. The lowest BCUT2D eigenvalue weighted by Gasteiger charge is -2.02. The topological polar surface area (TPSA) is 78.0 Å². The first-order valence-corrected chi connectivity index (χ1v) is 6.12. The van der Waals surface area contributed by atoms with Gasteiger partial charge in [0.05, 0.1) is 11.0 Å². The number of fused-ring (bicyclic) bond motifs is 1. The molecule has 1 aromatic heterocycles. The van der Waals surface area contributed by atoms with E-state index < -0.39 is 0 Å². The van der Waals surface area contributed by atoms with Crippen LogP contribution in [-0.2, 0) is 11.2 Å². The van der Waals surface area contributed by atoms with Gasteiger partial charge in [-0.2, -0.15) is 0 Å². The van der Waals surface area contributed by atoms with E-state index in [-0.39, 0.29) is 12.5 Å². The van der Waals surface area contributed by atoms with Crippen molar-refractivity contribution in [3.8, 4) is 0 Å². The van der Waals surface area contributed by atoms with Gasteiger partial charge in [0.25, 0.3) is 0 Å². The number of benzene rings is 1. The number of carbonyl (C=O) groups is 1. The Hall–Kier alpha value is -1.88. The Morgan fingerprint density at radius 1 is 1.50 bits per heavy atom. The lowest BCUT2D eigenvalue weighted by molar-refractivity contribution is -0.115. The van der Waals surface area contributed by atoms with Gasteiger partial charge in [-0.3, -0.25) is 4.79 Å². The zero-order valence-corrected chi connectivity index (χ0v) is 10.4. The van der Waals surface area contributed by atoms with Gasteiger partial charge in [0, 0.05) is 25.1 Å². The summed E-state index contributed by atoms with van der Waals surface area (Å²) < 4.78 is 0. The highest BCUT2D eigenvalue weighted by Crippen LogP contribution is 2.18. The molecule has 0 spiro atoms. The van der Waals surface area contributed by atoms with Crippen molar-refractivity contribution in [2.24, 2.45) is 0 Å². The second kappa shape index (κ2) is 5.64. The maximum Gasteiger partial charge on any atom is 0.224 e. The number of aliphatic hydroxyl groups excluding tert-OH is 1. The van der Waals surface area contributed by atoms with Crippen LogP contribution in [0.5, 0.6) is 0 Å². The molecular weight excluding hydrogens is 230 g/mol. The molecule has 0 fully saturated rings. The van der Waals surface area contributed by atoms with E-state index in [2.05, 4.69) is 15.3 Å². The summed E-state index contributed by atoms with van der Waals surface area (Å²) in [6.45, 7) is 1.98. The Kier molecular flexibility index (Phi) is 3.94. The average molecular weight is 247 g/mol. The molecule has 0 atom stereocenters. The second-order valence-corrected chi connectivity index (χ2v) is 4.14. The fourth-order valence-corrected chi connectivity index (χ4v) is 1.75. The molecule has 96 valence electrons. The summed E-state index contributed by atoms with van der Waals surface area (Å²) in [6.07, 6.45) is 1.88. The van der Waals surface area contributed by atoms with Gasteiger partial charge in [0.2, 0.25) is 5.91 Å². The minimum absolute atomic E-state index is 0.00521. The fourth-order valence-electron chi connectivity index (χ4n) is 1.75. The maximum atomic E-state index is 11.3. The van der Waals surface area contributed by atoms with Crippen LogP contribution in [0.3, 0.4) is 0 Å². The zero-order chi connectivity index (χ0) is 13.0. The van der Waals surface area contributed by atoms with Crippen molar-refractivity contribution in [3.63, 3.8) is 0 Å². The highest BCUT2D eigenvalue weighted by Gasteiger charge is 2.05. The van der Waals surface area contributed by atoms with Crippen LogP contribution in [0.1, 0.15) is 25.6 Å². The number of hydrogen-bond donors (Lipinski definition) is 3. The van der Waals surface area contributed by atoms with E-state index in [0.717, 1.165) is 29.0 Å². The van der Waals surface area contributed by atoms with Gasteiger partial charge < -0.3 is 15.4 Å². The van der Waals surface area contributed by atoms with Crippen molar-refractivity contribution < 1.29 is 9.90 Å². The Morgan fingerprint density at radius 3 is 3.06 bits per heavy atom. The molecule has 0 aliphatic heterocycles. The lowest BCUT2D eigenvalue weighted by atomic mass is 10.2. The summed E-state index contributed by atoms with van der Waals surface area (Å²) >= 11 is 0. The summed E-state index contributed by atoms with van der Waals surface area (Å²) in [6, 6.07) is 5.59. The first-order chi connectivity index (χ1) is 8.72. The number of aromatic amines is 1. The minimum atomic E-state index is -0.00521. The molecule has 1 aromatic carbocycles. The molecule has 5 nitrogen and oxygen atoms in total. The van der Waals surface area contributed by atoms with Crippen LogP contribution < -0.4 is 5.32 Å². The number of rotatable bonds is 5. The quantitative estimate of drug-likeness (QED) is 0.754. The number of amides is 1. The summed E-state index contributed by atoms with van der Waals surface area (Å²) in [5, 5.41) is 11.6. The number of aliphatic hydroxyl groups is 1. The van der Waals surface area contributed by atoms with E-state index >= 15 is 0 Å². The van der Waals surface area contributed by atoms with Crippen LogP contribution in [0.25, 0.3) is 11.0 Å². The standard InChI is InChI=1S/C13H17N3O2/c1-2-13(18)14-9-5-6-10-11(8-9)16-12(15-10)4-3-7-17/h5-6,8,17H,2-4,7H2,1H3,(H,14,18)(H,15,16). The van der Waals surface area contributed by atoms with Gasteiger partial charge in [-0.1, -0.05) is 6.92 Å². The van der Waals surface area contributed by atoms with Crippen LogP contribution in [0.2, 0.25) is 0 Å². The Labute approximate surface area is 105 Å². The number of imidazole rings is 1. The summed E-state index contributed by atoms with van der Waals surface area (Å²) in [7, 11) is 0. The van der Waals surface area contributed by atoms with Crippen LogP contribution in [0, 0.1) is 0 Å². The minimum Gasteiger partial charge on any atom is -0.396 e. The normalized spacial score (nSPS) is 10.8. The first kappa shape index (κ1) is 12.6. The van der Waals surface area contributed by atoms with Crippen molar-refractivity contribution in [1.82, 2.24) is 9.97 Å². The van der Waals surface area contributed by atoms with Gasteiger partial charge >= 0.3 is 0 Å². The third kappa shape index (κ3) is 2.87. The van der Waals surface area contributed by atoms with Crippen molar-refractivity contribution in [1.29, 1.82) is 0 Å². The molecule has 0 aliphatic rings. The molecular formula is C13H17N3O2. The number of nitrogens with one attached hydrogen (secondary N) is 2. The molecule has 1 heterocycles. The molecule has 18 heavy (non-hydrogen) atoms. The monoisotopic (exact) mass is 247 g/mol. The van der Waals surface area contributed by atoms with E-state index in [0.29, 0.717) is 12.8 Å². The van der Waals surface area contributed by atoms with Crippen molar-refractivity contribution >= 4 is 22.6 Å². The van der Waals surface area contributed by atoms with E-state index in [1.165, 1.54) is 0 Å². The van der Waals surface area contributed by atoms with Crippen molar-refractivity contribution in [2.75, 3.05) is 11.9 Å². The number of aryl methyl sites for hydroxylation is 1. The molecule has 1 amide bonds. The number of anilines is 1. The van der Waals surface area contributed by atoms with Crippen LogP contribution in [-0.4, -0.2) is 27.6 Å². The average Bonchev–Trinajstić information content (AvgIpc) is 2.78. The summed E-state index contributed by atoms with van der Waals surface area (Å²) in [5.74, 6) is 0.854. The molecule has 0 unspecified atom stereocenters. The van der Waals surface area contributed by atoms with Gasteiger partial charge in [-0.15, -0.1) is 0 Å². The molecule has 2 aromatic rings. The molecule has 3 N–H and O–H groups in total. The molecule has 0 radical (unpaired) electrons. The number of nitrogens with zero attached hydrogens (tertiary/aromatic N) is 1. The predicted molar refractivity (Wildman–Crippen MR) is 70.4 cm³/mol. The van der Waals surface area contributed by atoms with E-state index in [1.807, 2.05) is 25.1 Å². The smallest absolute Gasteiger partial charge is 0.224 e. The predicted octanol–water partition coefficient (Wildman–Crippen LogP) is 1.84. The van der Waals surface area contributed by atoms with E-state index in [4.69, 9.17) is 5.11 Å². The van der Waals surface area contributed by atoms with Gasteiger partial charge in [-0.05, 0) is 24.6 Å². The first-order valence-electron chi connectivity index (χ1n) is 6.12. The number of aromatic nitrogens is 2. The van der Waals surface area contributed by atoms with Gasteiger partial charge in [0.15, 0.2) is 0 Å². The SMILES string of the molecule is CCC(=O)Nc1ccc2nc(CCCO)[nH]c2c1. The van der Waals surface area contributed by atoms with Crippen LogP contribution in [0.4, 0.5) is 5.69 Å². The number of carbonyl (C=O) groups excluding carboxylic acids is 1. The summed E-state index contributed by atoms with van der Waals surface area (Å²) in [4.78, 5) is 18.9. The lowest BCUT2D eigenvalue weighted by Crippen LogP contribution is -2.09. The van der Waals surface area contributed by atoms with Gasteiger partial charge in [-0.25, -0.2) is 4.98 Å². The van der Waals surface area contributed by atoms with Crippen molar-refractivity contribution in [3.05, 3.63) is 24.0 Å². The summed E-state index contributed by atoms with van der Waals surface area (Å²) in [5.41, 5.74) is 2.54. The Morgan fingerprint density at radius 2 is 2.33 bits per heavy atom.